The van der Waals surface area contributed by atoms with Gasteiger partial charge in [0.05, 0.1) is 0 Å². The highest BCUT2D eigenvalue weighted by molar-refractivity contribution is 5.94. The van der Waals surface area contributed by atoms with Gasteiger partial charge in [0, 0.05) is 30.9 Å². The predicted molar refractivity (Wildman–Crippen MR) is 89.4 cm³/mol. The fourth-order valence-electron chi connectivity index (χ4n) is 3.89. The fourth-order valence-corrected chi connectivity index (χ4v) is 3.89. The number of nitrogens with zero attached hydrogens (tertiary/aromatic N) is 3. The molecule has 1 aromatic carbocycles. The normalized spacial score (nSPS) is 20.0. The Hall–Kier alpha value is -2.10. The first-order chi connectivity index (χ1) is 11.2. The molecule has 120 valence electrons. The maximum absolute atomic E-state index is 13.0. The summed E-state index contributed by atoms with van der Waals surface area (Å²) in [4.78, 5) is 15.0. The first kappa shape index (κ1) is 14.5. The van der Waals surface area contributed by atoms with Gasteiger partial charge in [-0.15, -0.1) is 0 Å². The molecule has 0 saturated carbocycles. The molecule has 1 saturated heterocycles. The van der Waals surface area contributed by atoms with Gasteiger partial charge in [0.25, 0.3) is 5.91 Å². The monoisotopic (exact) mass is 309 g/mol. The Morgan fingerprint density at radius 3 is 2.74 bits per heavy atom. The Morgan fingerprint density at radius 1 is 1.22 bits per heavy atom. The summed E-state index contributed by atoms with van der Waals surface area (Å²) in [6.45, 7) is 0.863. The third-order valence-electron chi connectivity index (χ3n) is 5.29. The van der Waals surface area contributed by atoms with Crippen LogP contribution in [0.15, 0.2) is 30.3 Å². The van der Waals surface area contributed by atoms with Crippen LogP contribution in [-0.2, 0) is 26.3 Å². The first-order valence-corrected chi connectivity index (χ1v) is 8.63. The van der Waals surface area contributed by atoms with Crippen LogP contribution in [0.4, 0.5) is 0 Å². The van der Waals surface area contributed by atoms with Crippen molar-refractivity contribution in [2.45, 2.75) is 44.6 Å². The highest BCUT2D eigenvalue weighted by Gasteiger charge is 2.36. The molecule has 1 unspecified atom stereocenters. The molecule has 0 bridgehead atoms. The van der Waals surface area contributed by atoms with E-state index in [1.165, 1.54) is 29.7 Å². The minimum absolute atomic E-state index is 0.135. The molecule has 1 atom stereocenters. The zero-order valence-electron chi connectivity index (χ0n) is 13.7. The van der Waals surface area contributed by atoms with Crippen molar-refractivity contribution in [1.82, 2.24) is 14.7 Å². The fraction of sp³-hybridized carbons (Fsp3) is 0.474. The Labute approximate surface area is 137 Å². The van der Waals surface area contributed by atoms with Gasteiger partial charge >= 0.3 is 0 Å². The van der Waals surface area contributed by atoms with E-state index in [0.29, 0.717) is 11.7 Å². The summed E-state index contributed by atoms with van der Waals surface area (Å²) in [7, 11) is 1.97. The quantitative estimate of drug-likeness (QED) is 0.874. The van der Waals surface area contributed by atoms with E-state index in [1.807, 2.05) is 22.7 Å². The number of rotatable bonds is 3. The number of carbonyl (C=O) groups excluding carboxylic acids is 1. The zero-order chi connectivity index (χ0) is 15.8. The first-order valence-electron chi connectivity index (χ1n) is 8.63. The Kier molecular flexibility index (Phi) is 3.68. The molecule has 2 aromatic rings. The van der Waals surface area contributed by atoms with Gasteiger partial charge in [-0.1, -0.05) is 30.3 Å². The summed E-state index contributed by atoms with van der Waals surface area (Å²) in [5.41, 5.74) is 4.48. The molecule has 4 nitrogen and oxygen atoms in total. The van der Waals surface area contributed by atoms with E-state index in [1.54, 1.807) is 0 Å². The van der Waals surface area contributed by atoms with Crippen LogP contribution in [0.2, 0.25) is 0 Å². The average molecular weight is 309 g/mol. The summed E-state index contributed by atoms with van der Waals surface area (Å²) in [5.74, 6) is 0.135. The van der Waals surface area contributed by atoms with Crippen LogP contribution in [0.1, 0.15) is 46.6 Å². The van der Waals surface area contributed by atoms with Gasteiger partial charge in [-0.05, 0) is 44.1 Å². The van der Waals surface area contributed by atoms with Gasteiger partial charge in [-0.2, -0.15) is 5.10 Å². The van der Waals surface area contributed by atoms with Crippen LogP contribution in [0.25, 0.3) is 0 Å². The molecule has 0 spiro atoms. The highest BCUT2D eigenvalue weighted by Crippen LogP contribution is 2.28. The lowest BCUT2D eigenvalue weighted by Gasteiger charge is -2.41. The molecular formula is C19H23N3O. The van der Waals surface area contributed by atoms with Gasteiger partial charge in [0.15, 0.2) is 5.69 Å². The van der Waals surface area contributed by atoms with Crippen molar-refractivity contribution < 1.29 is 4.79 Å². The minimum atomic E-state index is 0.135. The summed E-state index contributed by atoms with van der Waals surface area (Å²) in [6, 6.07) is 10.8. The van der Waals surface area contributed by atoms with E-state index in [4.69, 9.17) is 0 Å². The van der Waals surface area contributed by atoms with Crippen LogP contribution in [0.3, 0.4) is 0 Å². The molecule has 1 aliphatic heterocycles. The van der Waals surface area contributed by atoms with E-state index in [-0.39, 0.29) is 5.91 Å². The highest BCUT2D eigenvalue weighted by atomic mass is 16.2. The summed E-state index contributed by atoms with van der Waals surface area (Å²) >= 11 is 0. The van der Waals surface area contributed by atoms with Crippen LogP contribution >= 0.6 is 0 Å². The molecule has 23 heavy (non-hydrogen) atoms. The van der Waals surface area contributed by atoms with Crippen molar-refractivity contribution in [2.75, 3.05) is 6.54 Å². The molecule has 0 radical (unpaired) electrons. The lowest BCUT2D eigenvalue weighted by Crippen LogP contribution is -2.52. The summed E-state index contributed by atoms with van der Waals surface area (Å²) < 4.78 is 1.92. The van der Waals surface area contributed by atoms with Crippen LogP contribution in [-0.4, -0.2) is 33.2 Å². The van der Waals surface area contributed by atoms with E-state index in [2.05, 4.69) is 29.4 Å². The van der Waals surface area contributed by atoms with Gasteiger partial charge in [-0.3, -0.25) is 9.48 Å². The van der Waals surface area contributed by atoms with Crippen LogP contribution in [0.5, 0.6) is 0 Å². The molecule has 2 heterocycles. The number of likely N-dealkylation sites (tertiary alicyclic amines) is 1. The SMILES string of the molecule is Cn1nc(C(=O)N2CCC2Cc2ccccc2)c2c1CCCC2. The molecule has 1 amide bonds. The number of hydrogen-bond acceptors (Lipinski definition) is 2. The van der Waals surface area contributed by atoms with Crippen molar-refractivity contribution in [3.63, 3.8) is 0 Å². The number of benzene rings is 1. The van der Waals surface area contributed by atoms with E-state index < -0.39 is 0 Å². The van der Waals surface area contributed by atoms with Gasteiger partial charge in [-0.25, -0.2) is 0 Å². The summed E-state index contributed by atoms with van der Waals surface area (Å²) in [5, 5.41) is 4.56. The molecule has 1 aromatic heterocycles. The predicted octanol–water partition coefficient (Wildman–Crippen LogP) is 2.76. The Balaban J connectivity index is 1.53. The lowest BCUT2D eigenvalue weighted by molar-refractivity contribution is 0.0456. The third kappa shape index (κ3) is 2.56. The van der Waals surface area contributed by atoms with E-state index >= 15 is 0 Å². The topological polar surface area (TPSA) is 38.1 Å². The maximum Gasteiger partial charge on any atom is 0.274 e. The van der Waals surface area contributed by atoms with Crippen molar-refractivity contribution >= 4 is 5.91 Å². The number of aromatic nitrogens is 2. The second-order valence-electron chi connectivity index (χ2n) is 6.74. The molecule has 1 fully saturated rings. The van der Waals surface area contributed by atoms with E-state index in [9.17, 15) is 4.79 Å². The lowest BCUT2D eigenvalue weighted by atomic mass is 9.92. The van der Waals surface area contributed by atoms with Crippen molar-refractivity contribution in [3.05, 3.63) is 52.8 Å². The Bertz CT molecular complexity index is 720. The second-order valence-corrected chi connectivity index (χ2v) is 6.74. The molecule has 4 rings (SSSR count). The van der Waals surface area contributed by atoms with E-state index in [0.717, 1.165) is 32.2 Å². The number of hydrogen-bond donors (Lipinski definition) is 0. The second kappa shape index (κ2) is 5.84. The smallest absolute Gasteiger partial charge is 0.274 e. The Morgan fingerprint density at radius 2 is 2.00 bits per heavy atom. The maximum atomic E-state index is 13.0. The molecule has 4 heteroatoms. The third-order valence-corrected chi connectivity index (χ3v) is 5.29. The number of fused-ring (bicyclic) bond motifs is 1. The largest absolute Gasteiger partial charge is 0.334 e. The van der Waals surface area contributed by atoms with Gasteiger partial charge < -0.3 is 4.90 Å². The number of carbonyl (C=O) groups is 1. The molecular weight excluding hydrogens is 286 g/mol. The zero-order valence-corrected chi connectivity index (χ0v) is 13.7. The van der Waals surface area contributed by atoms with Crippen molar-refractivity contribution in [3.8, 4) is 0 Å². The molecule has 1 aliphatic carbocycles. The number of aryl methyl sites for hydroxylation is 1. The minimum Gasteiger partial charge on any atom is -0.334 e. The van der Waals surface area contributed by atoms with Crippen molar-refractivity contribution in [1.29, 1.82) is 0 Å². The van der Waals surface area contributed by atoms with Crippen LogP contribution in [0, 0.1) is 0 Å². The number of amides is 1. The molecule has 2 aliphatic rings. The average Bonchev–Trinajstić information content (AvgIpc) is 2.90. The standard InChI is InChI=1S/C19H23N3O/c1-21-17-10-6-5-9-16(17)18(20-21)19(23)22-12-11-15(22)13-14-7-3-2-4-8-14/h2-4,7-8,15H,5-6,9-13H2,1H3. The molecule has 0 N–H and O–H groups in total. The summed E-state index contributed by atoms with van der Waals surface area (Å²) in [6.07, 6.45) is 6.48. The van der Waals surface area contributed by atoms with Crippen LogP contribution < -0.4 is 0 Å². The van der Waals surface area contributed by atoms with Gasteiger partial charge in [0.1, 0.15) is 0 Å². The van der Waals surface area contributed by atoms with Crippen molar-refractivity contribution in [2.24, 2.45) is 7.05 Å². The van der Waals surface area contributed by atoms with Gasteiger partial charge in [0.2, 0.25) is 0 Å².